The molecular weight excluding hydrogens is 220 g/mol. The Morgan fingerprint density at radius 1 is 1.00 bits per heavy atom. The Labute approximate surface area is 110 Å². The molecule has 1 N–H and O–H groups in total. The molecule has 0 spiro atoms. The van der Waals surface area contributed by atoms with Gasteiger partial charge in [0.15, 0.2) is 0 Å². The summed E-state index contributed by atoms with van der Waals surface area (Å²) in [7, 11) is 6.79. The number of benzene rings is 1. The van der Waals surface area contributed by atoms with Gasteiger partial charge in [0, 0.05) is 17.1 Å². The molecule has 1 aromatic heterocycles. The fourth-order valence-corrected chi connectivity index (χ4v) is 2.42. The number of fused-ring (bicyclic) bond motifs is 1. The zero-order valence-corrected chi connectivity index (χ0v) is 11.9. The van der Waals surface area contributed by atoms with Crippen molar-refractivity contribution in [3.8, 4) is 0 Å². The molecule has 0 saturated carbocycles. The van der Waals surface area contributed by atoms with Gasteiger partial charge in [-0.2, -0.15) is 0 Å². The fourth-order valence-electron chi connectivity index (χ4n) is 2.42. The molecule has 1 heterocycles. The first-order valence-corrected chi connectivity index (χ1v) is 6.92. The fraction of sp³-hybridized carbons (Fsp3) is 0.500. The second kappa shape index (κ2) is 5.57. The van der Waals surface area contributed by atoms with Crippen LogP contribution in [0.25, 0.3) is 10.9 Å². The number of nitrogens with zero attached hydrogens (tertiary/aromatic N) is 1. The van der Waals surface area contributed by atoms with Crippen LogP contribution in [0.15, 0.2) is 30.5 Å². The average molecular weight is 245 g/mol. The van der Waals surface area contributed by atoms with Gasteiger partial charge in [0.2, 0.25) is 0 Å². The van der Waals surface area contributed by atoms with Crippen LogP contribution in [0, 0.1) is 0 Å². The van der Waals surface area contributed by atoms with E-state index in [2.05, 4.69) is 56.6 Å². The molecule has 0 fully saturated rings. The van der Waals surface area contributed by atoms with Gasteiger partial charge in [0.1, 0.15) is 0 Å². The second-order valence-electron chi connectivity index (χ2n) is 6.18. The van der Waals surface area contributed by atoms with E-state index < -0.39 is 0 Å². The summed E-state index contributed by atoms with van der Waals surface area (Å²) in [5, 5.41) is 1.39. The van der Waals surface area contributed by atoms with E-state index in [9.17, 15) is 0 Å². The summed E-state index contributed by atoms with van der Waals surface area (Å²) in [5.74, 6) is 0. The number of H-pyrrole nitrogens is 1. The molecule has 1 aromatic carbocycles. The van der Waals surface area contributed by atoms with Crippen LogP contribution in [0.3, 0.4) is 0 Å². The normalized spacial score (nSPS) is 12.2. The molecule has 2 nitrogen and oxygen atoms in total. The molecule has 2 heteroatoms. The Hall–Kier alpha value is -1.28. The number of quaternary nitrogens is 1. The average Bonchev–Trinajstić information content (AvgIpc) is 2.71. The van der Waals surface area contributed by atoms with Crippen LogP contribution < -0.4 is 0 Å². The standard InChI is InChI=1S/C16H25N2/c1-18(2,3)12-8-4-5-9-14-13-17-16-11-7-6-10-15(14)16/h6-7,10-11,13,17H,4-5,8-9,12H2,1-3H3/q+1. The third kappa shape index (κ3) is 3.61. The SMILES string of the molecule is C[N+](C)(C)CCCCCc1c[nH]c2ccccc12. The number of aryl methyl sites for hydroxylation is 1. The van der Waals surface area contributed by atoms with E-state index >= 15 is 0 Å². The quantitative estimate of drug-likeness (QED) is 0.591. The third-order valence-corrected chi connectivity index (χ3v) is 3.45. The number of aromatic amines is 1. The number of para-hydroxylation sites is 1. The summed E-state index contributed by atoms with van der Waals surface area (Å²) in [5.41, 5.74) is 2.73. The molecule has 0 aliphatic heterocycles. The van der Waals surface area contributed by atoms with Crippen molar-refractivity contribution in [3.05, 3.63) is 36.0 Å². The Balaban J connectivity index is 1.80. The minimum atomic E-state index is 1.08. The van der Waals surface area contributed by atoms with E-state index in [0.717, 1.165) is 4.48 Å². The highest BCUT2D eigenvalue weighted by molar-refractivity contribution is 5.82. The van der Waals surface area contributed by atoms with Crippen LogP contribution in [-0.4, -0.2) is 37.2 Å². The predicted octanol–water partition coefficient (Wildman–Crippen LogP) is 3.59. The molecule has 0 bridgehead atoms. The maximum atomic E-state index is 3.35. The molecule has 0 aliphatic rings. The molecule has 0 aliphatic carbocycles. The number of aromatic nitrogens is 1. The number of rotatable bonds is 6. The second-order valence-corrected chi connectivity index (χ2v) is 6.18. The van der Waals surface area contributed by atoms with Crippen LogP contribution in [0.4, 0.5) is 0 Å². The topological polar surface area (TPSA) is 15.8 Å². The first kappa shape index (κ1) is 13.2. The van der Waals surface area contributed by atoms with E-state index in [0.29, 0.717) is 0 Å². The molecule has 0 radical (unpaired) electrons. The lowest BCUT2D eigenvalue weighted by Gasteiger charge is -2.23. The van der Waals surface area contributed by atoms with E-state index in [4.69, 9.17) is 0 Å². The van der Waals surface area contributed by atoms with Gasteiger partial charge < -0.3 is 9.47 Å². The van der Waals surface area contributed by atoms with Gasteiger partial charge in [-0.3, -0.25) is 0 Å². The van der Waals surface area contributed by atoms with E-state index in [1.165, 1.54) is 48.7 Å². The summed E-state index contributed by atoms with van der Waals surface area (Å²) in [4.78, 5) is 3.35. The number of unbranched alkanes of at least 4 members (excludes halogenated alkanes) is 2. The number of hydrogen-bond donors (Lipinski definition) is 1. The van der Waals surface area contributed by atoms with Crippen LogP contribution in [0.5, 0.6) is 0 Å². The Morgan fingerprint density at radius 2 is 1.78 bits per heavy atom. The summed E-state index contributed by atoms with van der Waals surface area (Å²) < 4.78 is 1.08. The lowest BCUT2D eigenvalue weighted by Crippen LogP contribution is -2.35. The monoisotopic (exact) mass is 245 g/mol. The maximum absolute atomic E-state index is 3.35. The van der Waals surface area contributed by atoms with Gasteiger partial charge in [0.05, 0.1) is 27.7 Å². The van der Waals surface area contributed by atoms with Gasteiger partial charge in [-0.05, 0) is 37.3 Å². The highest BCUT2D eigenvalue weighted by Crippen LogP contribution is 2.19. The van der Waals surface area contributed by atoms with Gasteiger partial charge in [0.25, 0.3) is 0 Å². The van der Waals surface area contributed by atoms with Crippen molar-refractivity contribution in [2.45, 2.75) is 25.7 Å². The van der Waals surface area contributed by atoms with E-state index in [1.54, 1.807) is 0 Å². The summed E-state index contributed by atoms with van der Waals surface area (Å²) in [6, 6.07) is 8.57. The van der Waals surface area contributed by atoms with Crippen molar-refractivity contribution in [1.82, 2.24) is 4.98 Å². The smallest absolute Gasteiger partial charge is 0.0780 e. The first-order chi connectivity index (χ1) is 8.56. The van der Waals surface area contributed by atoms with Crippen molar-refractivity contribution in [2.24, 2.45) is 0 Å². The van der Waals surface area contributed by atoms with E-state index in [-0.39, 0.29) is 0 Å². The van der Waals surface area contributed by atoms with Crippen LogP contribution in [0.1, 0.15) is 24.8 Å². The van der Waals surface area contributed by atoms with Crippen LogP contribution in [0.2, 0.25) is 0 Å². The van der Waals surface area contributed by atoms with E-state index in [1.807, 2.05) is 0 Å². The van der Waals surface area contributed by atoms with Gasteiger partial charge >= 0.3 is 0 Å². The third-order valence-electron chi connectivity index (χ3n) is 3.45. The Kier molecular flexibility index (Phi) is 4.07. The van der Waals surface area contributed by atoms with Gasteiger partial charge in [-0.25, -0.2) is 0 Å². The maximum Gasteiger partial charge on any atom is 0.0780 e. The number of nitrogens with one attached hydrogen (secondary N) is 1. The lowest BCUT2D eigenvalue weighted by atomic mass is 10.1. The molecule has 2 rings (SSSR count). The molecule has 0 saturated heterocycles. The molecule has 18 heavy (non-hydrogen) atoms. The molecule has 0 atom stereocenters. The van der Waals surface area contributed by atoms with Crippen molar-refractivity contribution in [3.63, 3.8) is 0 Å². The molecule has 2 aromatic rings. The molecule has 0 amide bonds. The molecule has 0 unspecified atom stereocenters. The zero-order chi connectivity index (χ0) is 13.0. The van der Waals surface area contributed by atoms with Crippen molar-refractivity contribution in [1.29, 1.82) is 0 Å². The molecule has 98 valence electrons. The summed E-state index contributed by atoms with van der Waals surface area (Å²) in [6.07, 6.45) is 7.31. The van der Waals surface area contributed by atoms with Gasteiger partial charge in [-0.1, -0.05) is 18.2 Å². The van der Waals surface area contributed by atoms with Gasteiger partial charge in [-0.15, -0.1) is 0 Å². The lowest BCUT2D eigenvalue weighted by molar-refractivity contribution is -0.870. The van der Waals surface area contributed by atoms with Crippen LogP contribution >= 0.6 is 0 Å². The zero-order valence-electron chi connectivity index (χ0n) is 11.9. The summed E-state index contributed by atoms with van der Waals surface area (Å²) in [6.45, 7) is 1.27. The van der Waals surface area contributed by atoms with Crippen molar-refractivity contribution in [2.75, 3.05) is 27.7 Å². The van der Waals surface area contributed by atoms with Crippen LogP contribution in [-0.2, 0) is 6.42 Å². The minimum absolute atomic E-state index is 1.08. The number of hydrogen-bond acceptors (Lipinski definition) is 0. The van der Waals surface area contributed by atoms with Crippen molar-refractivity contribution < 1.29 is 4.48 Å². The highest BCUT2D eigenvalue weighted by Gasteiger charge is 2.06. The largest absolute Gasteiger partial charge is 0.361 e. The Morgan fingerprint density at radius 3 is 2.56 bits per heavy atom. The minimum Gasteiger partial charge on any atom is -0.361 e. The highest BCUT2D eigenvalue weighted by atomic mass is 15.3. The molecular formula is C16H25N2+. The first-order valence-electron chi connectivity index (χ1n) is 6.92. The van der Waals surface area contributed by atoms with Crippen molar-refractivity contribution >= 4 is 10.9 Å². The summed E-state index contributed by atoms with van der Waals surface area (Å²) >= 11 is 0. The Bertz CT molecular complexity index is 491. The predicted molar refractivity (Wildman–Crippen MR) is 78.8 cm³/mol.